The molecule has 1 N–H and O–H groups in total. The first-order valence-corrected chi connectivity index (χ1v) is 6.31. The summed E-state index contributed by atoms with van der Waals surface area (Å²) in [4.78, 5) is 0. The minimum absolute atomic E-state index is 0.403. The van der Waals surface area contributed by atoms with Gasteiger partial charge >= 0.3 is 0 Å². The fourth-order valence-electron chi connectivity index (χ4n) is 1.46. The van der Waals surface area contributed by atoms with Crippen LogP contribution in [0.4, 0.5) is 0 Å². The maximum absolute atomic E-state index is 3.60. The molecule has 0 bridgehead atoms. The first kappa shape index (κ1) is 12.7. The van der Waals surface area contributed by atoms with Crippen LogP contribution in [-0.2, 0) is 0 Å². The predicted octanol–water partition coefficient (Wildman–Crippen LogP) is 4.14. The molecule has 1 aromatic rings. The van der Waals surface area contributed by atoms with Crippen molar-refractivity contribution in [1.29, 1.82) is 0 Å². The molecule has 0 saturated carbocycles. The third-order valence-electron chi connectivity index (χ3n) is 2.86. The van der Waals surface area contributed by atoms with Gasteiger partial charge in [0, 0.05) is 16.6 Å². The Labute approximate surface area is 101 Å². The highest BCUT2D eigenvalue weighted by Crippen LogP contribution is 2.19. The van der Waals surface area contributed by atoms with Gasteiger partial charge in [-0.2, -0.15) is 0 Å². The Morgan fingerprint density at radius 3 is 2.33 bits per heavy atom. The van der Waals surface area contributed by atoms with Crippen LogP contribution in [0.2, 0.25) is 0 Å². The van der Waals surface area contributed by atoms with Gasteiger partial charge in [0.15, 0.2) is 0 Å². The Hall–Kier alpha value is -0.340. The molecule has 0 unspecified atom stereocenters. The zero-order chi connectivity index (χ0) is 11.4. The van der Waals surface area contributed by atoms with Gasteiger partial charge in [-0.25, -0.2) is 0 Å². The molecule has 2 heteroatoms. The van der Waals surface area contributed by atoms with E-state index in [1.807, 2.05) is 0 Å². The second kappa shape index (κ2) is 5.66. The molecule has 2 atom stereocenters. The quantitative estimate of drug-likeness (QED) is 0.866. The van der Waals surface area contributed by atoms with E-state index in [0.717, 1.165) is 4.47 Å². The first-order chi connectivity index (χ1) is 7.00. The fourth-order valence-corrected chi connectivity index (χ4v) is 1.88. The van der Waals surface area contributed by atoms with Crippen LogP contribution in [-0.4, -0.2) is 6.04 Å². The van der Waals surface area contributed by atoms with Crippen molar-refractivity contribution in [2.24, 2.45) is 5.92 Å². The maximum Gasteiger partial charge on any atom is 0.0294 e. The van der Waals surface area contributed by atoms with Crippen LogP contribution in [0, 0.1) is 5.92 Å². The van der Waals surface area contributed by atoms with Crippen molar-refractivity contribution in [2.75, 3.05) is 0 Å². The summed E-state index contributed by atoms with van der Waals surface area (Å²) in [5, 5.41) is 3.60. The second-order valence-corrected chi connectivity index (χ2v) is 5.39. The van der Waals surface area contributed by atoms with E-state index >= 15 is 0 Å². The molecular formula is C13H20BrN. The number of hydrogen-bond donors (Lipinski definition) is 1. The molecule has 0 aromatic heterocycles. The van der Waals surface area contributed by atoms with Crippen LogP contribution in [0.25, 0.3) is 0 Å². The number of rotatable bonds is 4. The van der Waals surface area contributed by atoms with E-state index in [1.165, 1.54) is 5.56 Å². The van der Waals surface area contributed by atoms with Crippen LogP contribution in [0.3, 0.4) is 0 Å². The molecule has 0 heterocycles. The zero-order valence-corrected chi connectivity index (χ0v) is 11.5. The lowest BCUT2D eigenvalue weighted by molar-refractivity contribution is 0.389. The highest BCUT2D eigenvalue weighted by atomic mass is 79.9. The molecule has 0 aliphatic heterocycles. The minimum atomic E-state index is 0.403. The van der Waals surface area contributed by atoms with E-state index in [4.69, 9.17) is 0 Å². The van der Waals surface area contributed by atoms with Gasteiger partial charge in [0.2, 0.25) is 0 Å². The molecule has 1 rings (SSSR count). The highest BCUT2D eigenvalue weighted by molar-refractivity contribution is 9.10. The fraction of sp³-hybridized carbons (Fsp3) is 0.538. The summed E-state index contributed by atoms with van der Waals surface area (Å²) in [6, 6.07) is 9.42. The summed E-state index contributed by atoms with van der Waals surface area (Å²) in [6.07, 6.45) is 0. The second-order valence-electron chi connectivity index (χ2n) is 4.48. The molecule has 15 heavy (non-hydrogen) atoms. The maximum atomic E-state index is 3.60. The van der Waals surface area contributed by atoms with E-state index in [-0.39, 0.29) is 0 Å². The molecular weight excluding hydrogens is 250 g/mol. The Balaban J connectivity index is 2.64. The van der Waals surface area contributed by atoms with Gasteiger partial charge in [-0.15, -0.1) is 0 Å². The number of nitrogens with one attached hydrogen (secondary N) is 1. The summed E-state index contributed by atoms with van der Waals surface area (Å²) in [5.74, 6) is 0.666. The largest absolute Gasteiger partial charge is 0.307 e. The van der Waals surface area contributed by atoms with Crippen molar-refractivity contribution in [2.45, 2.75) is 39.8 Å². The summed E-state index contributed by atoms with van der Waals surface area (Å²) in [7, 11) is 0. The zero-order valence-electron chi connectivity index (χ0n) is 9.92. The summed E-state index contributed by atoms with van der Waals surface area (Å²) in [6.45, 7) is 8.93. The molecule has 0 spiro atoms. The molecule has 0 saturated heterocycles. The van der Waals surface area contributed by atoms with Crippen molar-refractivity contribution >= 4 is 15.9 Å². The Kier molecular flexibility index (Phi) is 4.81. The van der Waals surface area contributed by atoms with Crippen LogP contribution in [0.15, 0.2) is 28.7 Å². The topological polar surface area (TPSA) is 12.0 Å². The van der Waals surface area contributed by atoms with Gasteiger partial charge < -0.3 is 5.32 Å². The number of hydrogen-bond acceptors (Lipinski definition) is 1. The first-order valence-electron chi connectivity index (χ1n) is 5.52. The lowest BCUT2D eigenvalue weighted by Crippen LogP contribution is -2.32. The SMILES string of the molecule is CC(C)[C@H](C)N[C@@H](C)c1cccc(Br)c1. The van der Waals surface area contributed by atoms with E-state index in [2.05, 4.69) is 73.2 Å². The Morgan fingerprint density at radius 2 is 1.80 bits per heavy atom. The van der Waals surface area contributed by atoms with Crippen LogP contribution in [0.5, 0.6) is 0 Å². The molecule has 1 nitrogen and oxygen atoms in total. The predicted molar refractivity (Wildman–Crippen MR) is 70.0 cm³/mol. The standard InChI is InChI=1S/C13H20BrN/c1-9(2)10(3)15-11(4)12-6-5-7-13(14)8-12/h5-11,15H,1-4H3/t10-,11-/m0/s1. The normalized spacial score (nSPS) is 15.3. The third kappa shape index (κ3) is 3.96. The van der Waals surface area contributed by atoms with Crippen molar-refractivity contribution in [3.8, 4) is 0 Å². The average Bonchev–Trinajstić information content (AvgIpc) is 2.17. The monoisotopic (exact) mass is 269 g/mol. The van der Waals surface area contributed by atoms with E-state index in [0.29, 0.717) is 18.0 Å². The van der Waals surface area contributed by atoms with Crippen LogP contribution in [0.1, 0.15) is 39.3 Å². The minimum Gasteiger partial charge on any atom is -0.307 e. The van der Waals surface area contributed by atoms with Gasteiger partial charge in [-0.1, -0.05) is 41.9 Å². The van der Waals surface area contributed by atoms with Crippen molar-refractivity contribution in [3.63, 3.8) is 0 Å². The van der Waals surface area contributed by atoms with Crippen LogP contribution >= 0.6 is 15.9 Å². The highest BCUT2D eigenvalue weighted by Gasteiger charge is 2.11. The van der Waals surface area contributed by atoms with Crippen molar-refractivity contribution < 1.29 is 0 Å². The third-order valence-corrected chi connectivity index (χ3v) is 3.35. The van der Waals surface area contributed by atoms with Crippen LogP contribution < -0.4 is 5.32 Å². The van der Waals surface area contributed by atoms with Gasteiger partial charge in [-0.05, 0) is 37.5 Å². The average molecular weight is 270 g/mol. The molecule has 1 aromatic carbocycles. The van der Waals surface area contributed by atoms with Gasteiger partial charge in [0.1, 0.15) is 0 Å². The summed E-state index contributed by atoms with van der Waals surface area (Å²) in [5.41, 5.74) is 1.33. The van der Waals surface area contributed by atoms with Gasteiger partial charge in [-0.3, -0.25) is 0 Å². The number of halogens is 1. The lowest BCUT2D eigenvalue weighted by atomic mass is 10.0. The lowest BCUT2D eigenvalue weighted by Gasteiger charge is -2.23. The Morgan fingerprint density at radius 1 is 1.13 bits per heavy atom. The molecule has 0 aliphatic carbocycles. The van der Waals surface area contributed by atoms with E-state index in [1.54, 1.807) is 0 Å². The summed E-state index contributed by atoms with van der Waals surface area (Å²) < 4.78 is 1.14. The molecule has 0 amide bonds. The van der Waals surface area contributed by atoms with E-state index < -0.39 is 0 Å². The summed E-state index contributed by atoms with van der Waals surface area (Å²) >= 11 is 3.50. The number of benzene rings is 1. The molecule has 84 valence electrons. The van der Waals surface area contributed by atoms with Crippen molar-refractivity contribution in [1.82, 2.24) is 5.32 Å². The smallest absolute Gasteiger partial charge is 0.0294 e. The van der Waals surface area contributed by atoms with Crippen molar-refractivity contribution in [3.05, 3.63) is 34.3 Å². The van der Waals surface area contributed by atoms with E-state index in [9.17, 15) is 0 Å². The molecule has 0 radical (unpaired) electrons. The molecule has 0 fully saturated rings. The molecule has 0 aliphatic rings. The van der Waals surface area contributed by atoms with Gasteiger partial charge in [0.25, 0.3) is 0 Å². The van der Waals surface area contributed by atoms with Gasteiger partial charge in [0.05, 0.1) is 0 Å². The Bertz CT molecular complexity index is 309.